The molecule has 1 amide bonds. The highest BCUT2D eigenvalue weighted by molar-refractivity contribution is 9.11. The second kappa shape index (κ2) is 6.16. The molecular formula is C13H11Br2N3O. The lowest BCUT2D eigenvalue weighted by molar-refractivity contribution is 0.102. The van der Waals surface area contributed by atoms with Gasteiger partial charge in [0.15, 0.2) is 0 Å². The van der Waals surface area contributed by atoms with Gasteiger partial charge in [0.1, 0.15) is 0 Å². The van der Waals surface area contributed by atoms with Gasteiger partial charge in [0, 0.05) is 34.1 Å². The predicted octanol–water partition coefficient (Wildman–Crippen LogP) is 3.90. The molecule has 2 aromatic rings. The Hall–Kier alpha value is -1.40. The molecular weight excluding hydrogens is 374 g/mol. The molecule has 0 saturated heterocycles. The topological polar surface area (TPSA) is 54.0 Å². The van der Waals surface area contributed by atoms with Crippen LogP contribution < -0.4 is 10.6 Å². The van der Waals surface area contributed by atoms with Gasteiger partial charge in [0.05, 0.1) is 11.3 Å². The summed E-state index contributed by atoms with van der Waals surface area (Å²) in [7, 11) is 1.77. The van der Waals surface area contributed by atoms with Crippen molar-refractivity contribution in [2.45, 2.75) is 0 Å². The minimum Gasteiger partial charge on any atom is -0.387 e. The molecule has 0 aliphatic rings. The zero-order valence-corrected chi connectivity index (χ0v) is 13.2. The van der Waals surface area contributed by atoms with Crippen LogP contribution in [0.2, 0.25) is 0 Å². The number of pyridine rings is 1. The summed E-state index contributed by atoms with van der Waals surface area (Å²) < 4.78 is 1.71. The Labute approximate surface area is 127 Å². The van der Waals surface area contributed by atoms with E-state index in [1.54, 1.807) is 19.3 Å². The Kier molecular flexibility index (Phi) is 4.55. The number of rotatable bonds is 3. The molecule has 19 heavy (non-hydrogen) atoms. The van der Waals surface area contributed by atoms with Crippen molar-refractivity contribution in [2.75, 3.05) is 17.7 Å². The molecule has 0 unspecified atom stereocenters. The Balaban J connectivity index is 2.28. The number of hydrogen-bond acceptors (Lipinski definition) is 3. The van der Waals surface area contributed by atoms with E-state index in [-0.39, 0.29) is 5.91 Å². The van der Waals surface area contributed by atoms with Crippen LogP contribution >= 0.6 is 31.9 Å². The number of hydrogen-bond donors (Lipinski definition) is 2. The van der Waals surface area contributed by atoms with E-state index < -0.39 is 0 Å². The van der Waals surface area contributed by atoms with Crippen LogP contribution in [0.25, 0.3) is 0 Å². The van der Waals surface area contributed by atoms with Crippen molar-refractivity contribution in [1.82, 2.24) is 4.98 Å². The van der Waals surface area contributed by atoms with E-state index in [2.05, 4.69) is 47.5 Å². The molecule has 0 fully saturated rings. The summed E-state index contributed by atoms with van der Waals surface area (Å²) in [6.07, 6.45) is 3.17. The van der Waals surface area contributed by atoms with E-state index in [1.165, 1.54) is 6.20 Å². The highest BCUT2D eigenvalue weighted by Crippen LogP contribution is 2.27. The van der Waals surface area contributed by atoms with E-state index >= 15 is 0 Å². The van der Waals surface area contributed by atoms with Crippen LogP contribution in [-0.2, 0) is 0 Å². The number of nitrogens with one attached hydrogen (secondary N) is 2. The van der Waals surface area contributed by atoms with E-state index in [1.807, 2.05) is 18.2 Å². The standard InChI is InChI=1S/C13H11Br2N3O/c1-16-11-4-5-17-7-9(11)13(19)18-12-6-8(14)2-3-10(12)15/h2-7H,1H3,(H,16,17)(H,18,19). The van der Waals surface area contributed by atoms with E-state index in [4.69, 9.17) is 0 Å². The van der Waals surface area contributed by atoms with Gasteiger partial charge in [-0.1, -0.05) is 15.9 Å². The fourth-order valence-corrected chi connectivity index (χ4v) is 2.28. The number of amides is 1. The number of benzene rings is 1. The lowest BCUT2D eigenvalue weighted by Crippen LogP contribution is -2.14. The molecule has 0 spiro atoms. The van der Waals surface area contributed by atoms with E-state index in [9.17, 15) is 4.79 Å². The van der Waals surface area contributed by atoms with Crippen LogP contribution in [0.4, 0.5) is 11.4 Å². The molecule has 0 bridgehead atoms. The fourth-order valence-electron chi connectivity index (χ4n) is 1.58. The second-order valence-corrected chi connectivity index (χ2v) is 5.52. The summed E-state index contributed by atoms with van der Waals surface area (Å²) >= 11 is 6.77. The molecule has 2 N–H and O–H groups in total. The van der Waals surface area contributed by atoms with Gasteiger partial charge < -0.3 is 10.6 Å². The summed E-state index contributed by atoms with van der Waals surface area (Å²) in [5.41, 5.74) is 1.93. The Morgan fingerprint density at radius 2 is 2.00 bits per heavy atom. The van der Waals surface area contributed by atoms with Crippen molar-refractivity contribution in [3.05, 3.63) is 51.2 Å². The van der Waals surface area contributed by atoms with Gasteiger partial charge in [-0.05, 0) is 40.2 Å². The predicted molar refractivity (Wildman–Crippen MR) is 83.6 cm³/mol. The van der Waals surface area contributed by atoms with Crippen LogP contribution in [0.1, 0.15) is 10.4 Å². The molecule has 1 aromatic heterocycles. The van der Waals surface area contributed by atoms with Crippen molar-refractivity contribution in [3.63, 3.8) is 0 Å². The van der Waals surface area contributed by atoms with Gasteiger partial charge >= 0.3 is 0 Å². The fraction of sp³-hybridized carbons (Fsp3) is 0.0769. The lowest BCUT2D eigenvalue weighted by atomic mass is 10.2. The van der Waals surface area contributed by atoms with E-state index in [0.29, 0.717) is 11.3 Å². The first-order chi connectivity index (χ1) is 9.11. The molecule has 98 valence electrons. The van der Waals surface area contributed by atoms with Crippen molar-refractivity contribution in [3.8, 4) is 0 Å². The molecule has 0 atom stereocenters. The normalized spacial score (nSPS) is 10.1. The van der Waals surface area contributed by atoms with Gasteiger partial charge in [0.25, 0.3) is 5.91 Å². The highest BCUT2D eigenvalue weighted by Gasteiger charge is 2.12. The summed E-state index contributed by atoms with van der Waals surface area (Å²) in [4.78, 5) is 16.2. The first-order valence-electron chi connectivity index (χ1n) is 5.50. The number of nitrogens with zero attached hydrogens (tertiary/aromatic N) is 1. The Morgan fingerprint density at radius 3 is 2.74 bits per heavy atom. The zero-order chi connectivity index (χ0) is 13.8. The number of aromatic nitrogens is 1. The monoisotopic (exact) mass is 383 g/mol. The van der Waals surface area contributed by atoms with Crippen LogP contribution in [-0.4, -0.2) is 17.9 Å². The largest absolute Gasteiger partial charge is 0.387 e. The van der Waals surface area contributed by atoms with Crippen molar-refractivity contribution in [1.29, 1.82) is 0 Å². The average molecular weight is 385 g/mol. The van der Waals surface area contributed by atoms with Crippen LogP contribution in [0.15, 0.2) is 45.6 Å². The summed E-state index contributed by atoms with van der Waals surface area (Å²) in [6, 6.07) is 7.34. The van der Waals surface area contributed by atoms with Gasteiger partial charge in [-0.3, -0.25) is 9.78 Å². The second-order valence-electron chi connectivity index (χ2n) is 3.75. The molecule has 0 radical (unpaired) electrons. The van der Waals surface area contributed by atoms with Gasteiger partial charge in [-0.25, -0.2) is 0 Å². The van der Waals surface area contributed by atoms with Crippen LogP contribution in [0.3, 0.4) is 0 Å². The van der Waals surface area contributed by atoms with Crippen molar-refractivity contribution >= 4 is 49.1 Å². The van der Waals surface area contributed by atoms with Gasteiger partial charge in [0.2, 0.25) is 0 Å². The SMILES string of the molecule is CNc1ccncc1C(=O)Nc1cc(Br)ccc1Br. The Morgan fingerprint density at radius 1 is 1.21 bits per heavy atom. The third-order valence-corrected chi connectivity index (χ3v) is 3.70. The van der Waals surface area contributed by atoms with E-state index in [0.717, 1.165) is 14.6 Å². The first-order valence-corrected chi connectivity index (χ1v) is 7.08. The minimum atomic E-state index is -0.212. The quantitative estimate of drug-likeness (QED) is 0.843. The van der Waals surface area contributed by atoms with Crippen molar-refractivity contribution < 1.29 is 4.79 Å². The summed E-state index contributed by atoms with van der Waals surface area (Å²) in [6.45, 7) is 0. The van der Waals surface area contributed by atoms with Gasteiger partial charge in [-0.2, -0.15) is 0 Å². The van der Waals surface area contributed by atoms with Crippen LogP contribution in [0, 0.1) is 0 Å². The smallest absolute Gasteiger partial charge is 0.259 e. The molecule has 6 heteroatoms. The third-order valence-electron chi connectivity index (χ3n) is 2.51. The molecule has 4 nitrogen and oxygen atoms in total. The molecule has 0 aliphatic heterocycles. The average Bonchev–Trinajstić information content (AvgIpc) is 2.42. The maximum Gasteiger partial charge on any atom is 0.259 e. The summed E-state index contributed by atoms with van der Waals surface area (Å²) in [5.74, 6) is -0.212. The van der Waals surface area contributed by atoms with Crippen molar-refractivity contribution in [2.24, 2.45) is 0 Å². The number of halogens is 2. The van der Waals surface area contributed by atoms with Gasteiger partial charge in [-0.15, -0.1) is 0 Å². The maximum absolute atomic E-state index is 12.2. The first kappa shape index (κ1) is 14.0. The maximum atomic E-state index is 12.2. The minimum absolute atomic E-state index is 0.212. The number of anilines is 2. The number of carbonyl (C=O) groups excluding carboxylic acids is 1. The molecule has 2 rings (SSSR count). The molecule has 0 saturated carbocycles. The third kappa shape index (κ3) is 3.33. The molecule has 0 aliphatic carbocycles. The highest BCUT2D eigenvalue weighted by atomic mass is 79.9. The number of carbonyl (C=O) groups is 1. The Bertz CT molecular complexity index is 617. The summed E-state index contributed by atoms with van der Waals surface area (Å²) in [5, 5.41) is 5.81. The lowest BCUT2D eigenvalue weighted by Gasteiger charge is -2.10. The van der Waals surface area contributed by atoms with Crippen LogP contribution in [0.5, 0.6) is 0 Å². The zero-order valence-electron chi connectivity index (χ0n) is 10.1. The molecule has 1 aromatic carbocycles. The molecule has 1 heterocycles.